The van der Waals surface area contributed by atoms with Gasteiger partial charge in [-0.3, -0.25) is 4.90 Å². The van der Waals surface area contributed by atoms with E-state index in [0.717, 1.165) is 31.8 Å². The fourth-order valence-electron chi connectivity index (χ4n) is 3.57. The Morgan fingerprint density at radius 3 is 2.35 bits per heavy atom. The van der Waals surface area contributed by atoms with Crippen LogP contribution in [0.25, 0.3) is 6.08 Å². The second kappa shape index (κ2) is 7.47. The lowest BCUT2D eigenvalue weighted by Gasteiger charge is -2.41. The Labute approximate surface area is 158 Å². The van der Waals surface area contributed by atoms with Gasteiger partial charge in [0.1, 0.15) is 0 Å². The standard InChI is InChI=1S/C21H32BNO3/c1-16(22-25-17(2)21(5,6)26-22)15-18-7-9-19(10-8-18)20(3,4)23-11-13-24-14-12-23/h7-10,15,17H,11-14H2,1-6H3/b16-15-. The maximum absolute atomic E-state index is 6.04. The molecule has 1 unspecified atom stereocenters. The SMILES string of the molecule is C/C(=C/c1ccc(C(C)(C)N2CCOCC2)cc1)B1OC(C)C(C)(C)O1. The van der Waals surface area contributed by atoms with Gasteiger partial charge in [0.15, 0.2) is 0 Å². The summed E-state index contributed by atoms with van der Waals surface area (Å²) in [7, 11) is -0.260. The van der Waals surface area contributed by atoms with E-state index in [0.29, 0.717) is 0 Å². The third-order valence-electron chi connectivity index (χ3n) is 5.90. The number of hydrogen-bond acceptors (Lipinski definition) is 4. The van der Waals surface area contributed by atoms with Gasteiger partial charge in [0.05, 0.1) is 24.9 Å². The highest BCUT2D eigenvalue weighted by Crippen LogP contribution is 2.31. The summed E-state index contributed by atoms with van der Waals surface area (Å²) in [5.74, 6) is 0. The molecule has 0 aliphatic carbocycles. The van der Waals surface area contributed by atoms with Crippen molar-refractivity contribution in [2.75, 3.05) is 26.3 Å². The molecule has 2 aliphatic heterocycles. The zero-order valence-corrected chi connectivity index (χ0v) is 17.0. The van der Waals surface area contributed by atoms with Gasteiger partial charge in [-0.1, -0.05) is 30.3 Å². The highest BCUT2D eigenvalue weighted by Gasteiger charge is 2.43. The first-order valence-corrected chi connectivity index (χ1v) is 9.65. The van der Waals surface area contributed by atoms with E-state index >= 15 is 0 Å². The smallest absolute Gasteiger partial charge is 0.402 e. The molecule has 5 heteroatoms. The minimum absolute atomic E-state index is 0.0121. The molecule has 0 aromatic heterocycles. The number of rotatable bonds is 4. The van der Waals surface area contributed by atoms with Gasteiger partial charge < -0.3 is 14.0 Å². The molecule has 142 valence electrons. The summed E-state index contributed by atoms with van der Waals surface area (Å²) in [6.07, 6.45) is 2.25. The molecule has 0 saturated carbocycles. The van der Waals surface area contributed by atoms with Crippen molar-refractivity contribution in [1.29, 1.82) is 0 Å². The molecule has 1 atom stereocenters. The van der Waals surface area contributed by atoms with Crippen molar-refractivity contribution >= 4 is 13.2 Å². The zero-order valence-electron chi connectivity index (χ0n) is 17.0. The van der Waals surface area contributed by atoms with Crippen LogP contribution in [0.4, 0.5) is 0 Å². The molecule has 1 aromatic carbocycles. The van der Waals surface area contributed by atoms with E-state index in [1.165, 1.54) is 11.1 Å². The van der Waals surface area contributed by atoms with Gasteiger partial charge in [-0.2, -0.15) is 0 Å². The zero-order chi connectivity index (χ0) is 18.9. The van der Waals surface area contributed by atoms with Gasteiger partial charge in [0.2, 0.25) is 0 Å². The van der Waals surface area contributed by atoms with E-state index in [9.17, 15) is 0 Å². The summed E-state index contributed by atoms with van der Waals surface area (Å²) in [4.78, 5) is 2.50. The van der Waals surface area contributed by atoms with Gasteiger partial charge in [0, 0.05) is 18.6 Å². The van der Waals surface area contributed by atoms with Gasteiger partial charge in [0.25, 0.3) is 0 Å². The molecule has 3 rings (SSSR count). The summed E-state index contributed by atoms with van der Waals surface area (Å²) in [5, 5.41) is 0. The minimum Gasteiger partial charge on any atom is -0.402 e. The van der Waals surface area contributed by atoms with E-state index in [-0.39, 0.29) is 24.4 Å². The fourth-order valence-corrected chi connectivity index (χ4v) is 3.57. The van der Waals surface area contributed by atoms with Gasteiger partial charge in [-0.15, -0.1) is 0 Å². The number of allylic oxidation sites excluding steroid dienone is 1. The molecule has 0 N–H and O–H groups in total. The van der Waals surface area contributed by atoms with E-state index in [2.05, 4.69) is 76.8 Å². The predicted octanol–water partition coefficient (Wildman–Crippen LogP) is 3.90. The second-order valence-corrected chi connectivity index (χ2v) is 8.50. The van der Waals surface area contributed by atoms with Crippen LogP contribution in [0, 0.1) is 0 Å². The van der Waals surface area contributed by atoms with Crippen LogP contribution in [0.3, 0.4) is 0 Å². The molecular formula is C21H32BNO3. The Morgan fingerprint density at radius 1 is 1.19 bits per heavy atom. The van der Waals surface area contributed by atoms with Crippen LogP contribution in [0.2, 0.25) is 0 Å². The van der Waals surface area contributed by atoms with E-state index < -0.39 is 0 Å². The highest BCUT2D eigenvalue weighted by atomic mass is 16.7. The molecule has 2 saturated heterocycles. The first kappa shape index (κ1) is 19.6. The summed E-state index contributed by atoms with van der Waals surface area (Å²) in [5.41, 5.74) is 3.37. The fraction of sp³-hybridized carbons (Fsp3) is 0.619. The first-order chi connectivity index (χ1) is 12.2. The van der Waals surface area contributed by atoms with Crippen molar-refractivity contribution in [1.82, 2.24) is 4.90 Å². The maximum Gasteiger partial charge on any atom is 0.490 e. The Hall–Kier alpha value is -1.14. The lowest BCUT2D eigenvalue weighted by molar-refractivity contribution is -0.0118. The Balaban J connectivity index is 1.71. The molecule has 0 spiro atoms. The third kappa shape index (κ3) is 4.06. The van der Waals surface area contributed by atoms with Crippen LogP contribution in [-0.4, -0.2) is 50.0 Å². The molecule has 2 fully saturated rings. The monoisotopic (exact) mass is 357 g/mol. The molecule has 1 aromatic rings. The average molecular weight is 357 g/mol. The van der Waals surface area contributed by atoms with Crippen molar-refractivity contribution in [2.24, 2.45) is 0 Å². The molecule has 0 radical (unpaired) electrons. The van der Waals surface area contributed by atoms with Crippen molar-refractivity contribution in [3.8, 4) is 0 Å². The van der Waals surface area contributed by atoms with Gasteiger partial charge >= 0.3 is 7.12 Å². The van der Waals surface area contributed by atoms with Crippen LogP contribution >= 0.6 is 0 Å². The van der Waals surface area contributed by atoms with Crippen molar-refractivity contribution in [3.63, 3.8) is 0 Å². The molecule has 4 nitrogen and oxygen atoms in total. The molecular weight excluding hydrogens is 325 g/mol. The molecule has 2 aliphatic rings. The van der Waals surface area contributed by atoms with E-state index in [1.807, 2.05) is 0 Å². The summed E-state index contributed by atoms with van der Waals surface area (Å²) in [6.45, 7) is 16.5. The molecule has 26 heavy (non-hydrogen) atoms. The highest BCUT2D eigenvalue weighted by molar-refractivity contribution is 6.55. The molecule has 0 amide bonds. The Bertz CT molecular complexity index is 648. The van der Waals surface area contributed by atoms with Crippen molar-refractivity contribution < 1.29 is 14.0 Å². The maximum atomic E-state index is 6.04. The summed E-state index contributed by atoms with van der Waals surface area (Å²) < 4.78 is 17.5. The summed E-state index contributed by atoms with van der Waals surface area (Å²) >= 11 is 0. The van der Waals surface area contributed by atoms with E-state index in [4.69, 9.17) is 14.0 Å². The molecule has 2 heterocycles. The average Bonchev–Trinajstić information content (AvgIpc) is 2.89. The van der Waals surface area contributed by atoms with Crippen LogP contribution in [0.15, 0.2) is 29.7 Å². The lowest BCUT2D eigenvalue weighted by Crippen LogP contribution is -2.47. The minimum atomic E-state index is -0.260. The third-order valence-corrected chi connectivity index (χ3v) is 5.90. The topological polar surface area (TPSA) is 30.9 Å². The van der Waals surface area contributed by atoms with Crippen LogP contribution < -0.4 is 0 Å². The van der Waals surface area contributed by atoms with Crippen LogP contribution in [0.5, 0.6) is 0 Å². The number of nitrogens with zero attached hydrogens (tertiary/aromatic N) is 1. The quantitative estimate of drug-likeness (QED) is 0.765. The number of morpholine rings is 1. The Morgan fingerprint density at radius 2 is 1.81 bits per heavy atom. The number of hydrogen-bond donors (Lipinski definition) is 0. The van der Waals surface area contributed by atoms with Crippen molar-refractivity contribution in [2.45, 2.75) is 58.8 Å². The van der Waals surface area contributed by atoms with Crippen molar-refractivity contribution in [3.05, 3.63) is 40.9 Å². The Kier molecular flexibility index (Phi) is 5.64. The van der Waals surface area contributed by atoms with Gasteiger partial charge in [-0.25, -0.2) is 0 Å². The largest absolute Gasteiger partial charge is 0.490 e. The molecule has 0 bridgehead atoms. The van der Waals surface area contributed by atoms with Crippen LogP contribution in [0.1, 0.15) is 52.7 Å². The second-order valence-electron chi connectivity index (χ2n) is 8.50. The van der Waals surface area contributed by atoms with Gasteiger partial charge in [-0.05, 0) is 58.1 Å². The normalized spacial score (nSPS) is 24.9. The van der Waals surface area contributed by atoms with Crippen LogP contribution in [-0.2, 0) is 19.6 Å². The number of ether oxygens (including phenoxy) is 1. The summed E-state index contributed by atoms with van der Waals surface area (Å²) in [6, 6.07) is 8.84. The lowest BCUT2D eigenvalue weighted by atomic mass is 9.78. The predicted molar refractivity (Wildman–Crippen MR) is 107 cm³/mol. The number of benzene rings is 1. The van der Waals surface area contributed by atoms with E-state index in [1.54, 1.807) is 0 Å². The first-order valence-electron chi connectivity index (χ1n) is 9.65.